The largest absolute Gasteiger partial charge is 0.489 e. The Morgan fingerprint density at radius 2 is 2.33 bits per heavy atom. The Kier molecular flexibility index (Phi) is 2.71. The zero-order valence-corrected chi connectivity index (χ0v) is 9.86. The van der Waals surface area contributed by atoms with Gasteiger partial charge in [0.1, 0.15) is 11.6 Å². The van der Waals surface area contributed by atoms with E-state index >= 15 is 0 Å². The molecule has 0 saturated carbocycles. The Bertz CT molecular complexity index is 422. The van der Waals surface area contributed by atoms with Gasteiger partial charge in [-0.2, -0.15) is 0 Å². The molecule has 0 aromatic heterocycles. The van der Waals surface area contributed by atoms with E-state index in [2.05, 4.69) is 4.90 Å². The van der Waals surface area contributed by atoms with E-state index in [1.165, 1.54) is 0 Å². The summed E-state index contributed by atoms with van der Waals surface area (Å²) in [4.78, 5) is 2.39. The molecule has 5 heteroatoms. The van der Waals surface area contributed by atoms with Gasteiger partial charge in [0.05, 0.1) is 17.8 Å². The van der Waals surface area contributed by atoms with Crippen LogP contribution in [0, 0.1) is 0 Å². The van der Waals surface area contributed by atoms with Gasteiger partial charge in [0.25, 0.3) is 0 Å². The summed E-state index contributed by atoms with van der Waals surface area (Å²) in [5.41, 5.74) is 7.28. The maximum atomic E-state index is 5.99. The van der Waals surface area contributed by atoms with E-state index in [1.807, 2.05) is 13.1 Å². The molecular weight excluding hydrogens is 232 g/mol. The quantitative estimate of drug-likeness (QED) is 0.763. The molecule has 0 spiro atoms. The molecule has 0 saturated heterocycles. The van der Waals surface area contributed by atoms with E-state index in [0.717, 1.165) is 18.0 Å². The zero-order valence-electron chi connectivity index (χ0n) is 8.29. The molecule has 3 nitrogen and oxygen atoms in total. The first-order valence-corrected chi connectivity index (χ1v) is 5.35. The Hall–Kier alpha value is -1.00. The number of benzene rings is 1. The molecule has 0 bridgehead atoms. The van der Waals surface area contributed by atoms with Crippen LogP contribution in [0.5, 0.6) is 5.75 Å². The van der Waals surface area contributed by atoms with Crippen LogP contribution in [0.2, 0.25) is 5.02 Å². The van der Waals surface area contributed by atoms with E-state index in [1.54, 1.807) is 6.07 Å². The Morgan fingerprint density at radius 3 is 3.00 bits per heavy atom. The van der Waals surface area contributed by atoms with Crippen LogP contribution in [0.3, 0.4) is 0 Å². The van der Waals surface area contributed by atoms with Gasteiger partial charge in [-0.05, 0) is 12.1 Å². The van der Waals surface area contributed by atoms with Crippen LogP contribution in [-0.2, 0) is 0 Å². The van der Waals surface area contributed by atoms with Crippen molar-refractivity contribution in [1.82, 2.24) is 0 Å². The van der Waals surface area contributed by atoms with Gasteiger partial charge in [-0.25, -0.2) is 0 Å². The highest BCUT2D eigenvalue weighted by molar-refractivity contribution is 7.80. The third kappa shape index (κ3) is 1.87. The molecule has 1 heterocycles. The van der Waals surface area contributed by atoms with Gasteiger partial charge in [-0.15, -0.1) is 0 Å². The molecule has 0 unspecified atom stereocenters. The lowest BCUT2D eigenvalue weighted by Crippen LogP contribution is -2.30. The molecule has 1 aromatic rings. The number of anilines is 1. The number of nitrogens with two attached hydrogens (primary N) is 1. The van der Waals surface area contributed by atoms with Crippen LogP contribution < -0.4 is 15.4 Å². The highest BCUT2D eigenvalue weighted by Crippen LogP contribution is 2.36. The molecule has 1 aliphatic rings. The van der Waals surface area contributed by atoms with Crippen molar-refractivity contribution in [2.45, 2.75) is 0 Å². The summed E-state index contributed by atoms with van der Waals surface area (Å²) >= 11 is 11.0. The van der Waals surface area contributed by atoms with Crippen LogP contribution in [0.4, 0.5) is 5.69 Å². The molecule has 1 aromatic carbocycles. The van der Waals surface area contributed by atoms with Crippen molar-refractivity contribution in [2.24, 2.45) is 5.73 Å². The van der Waals surface area contributed by atoms with Gasteiger partial charge in [0.2, 0.25) is 0 Å². The third-order valence-corrected chi connectivity index (χ3v) is 2.82. The van der Waals surface area contributed by atoms with Crippen molar-refractivity contribution < 1.29 is 4.74 Å². The second-order valence-electron chi connectivity index (χ2n) is 3.44. The maximum absolute atomic E-state index is 5.99. The van der Waals surface area contributed by atoms with Crippen molar-refractivity contribution in [2.75, 3.05) is 25.1 Å². The summed E-state index contributed by atoms with van der Waals surface area (Å²) in [6.45, 7) is 1.48. The average molecular weight is 243 g/mol. The molecule has 0 fully saturated rings. The van der Waals surface area contributed by atoms with E-state index in [9.17, 15) is 0 Å². The summed E-state index contributed by atoms with van der Waals surface area (Å²) in [6.07, 6.45) is 0. The average Bonchev–Trinajstić information content (AvgIpc) is 2.18. The molecular formula is C10H11ClN2OS. The maximum Gasteiger partial charge on any atom is 0.152 e. The summed E-state index contributed by atoms with van der Waals surface area (Å²) < 4.78 is 5.57. The van der Waals surface area contributed by atoms with E-state index < -0.39 is 0 Å². The third-order valence-electron chi connectivity index (χ3n) is 2.38. The van der Waals surface area contributed by atoms with Crippen molar-refractivity contribution in [3.8, 4) is 5.75 Å². The second-order valence-corrected chi connectivity index (χ2v) is 4.31. The number of thiocarbonyl (C=S) groups is 1. The van der Waals surface area contributed by atoms with Gasteiger partial charge in [0, 0.05) is 12.1 Å². The monoisotopic (exact) mass is 242 g/mol. The van der Waals surface area contributed by atoms with Crippen LogP contribution in [0.25, 0.3) is 0 Å². The van der Waals surface area contributed by atoms with Crippen molar-refractivity contribution >= 4 is 34.5 Å². The van der Waals surface area contributed by atoms with Gasteiger partial charge in [-0.3, -0.25) is 0 Å². The Morgan fingerprint density at radius 1 is 1.60 bits per heavy atom. The number of nitrogens with zero attached hydrogens (tertiary/aromatic N) is 1. The smallest absolute Gasteiger partial charge is 0.152 e. The number of hydrogen-bond acceptors (Lipinski definition) is 3. The van der Waals surface area contributed by atoms with Crippen LogP contribution in [-0.4, -0.2) is 25.2 Å². The first-order chi connectivity index (χ1) is 7.09. The number of rotatable bonds is 1. The number of hydrogen-bond donors (Lipinski definition) is 1. The lowest BCUT2D eigenvalue weighted by atomic mass is 10.1. The van der Waals surface area contributed by atoms with Crippen LogP contribution in [0.15, 0.2) is 12.1 Å². The Labute approximate surface area is 98.8 Å². The van der Waals surface area contributed by atoms with Gasteiger partial charge in [-0.1, -0.05) is 23.8 Å². The SMILES string of the molecule is CN1CCOc2c(C(N)=S)cc(Cl)cc21. The van der Waals surface area contributed by atoms with Gasteiger partial charge < -0.3 is 15.4 Å². The van der Waals surface area contributed by atoms with E-state index in [4.69, 9.17) is 34.3 Å². The summed E-state index contributed by atoms with van der Waals surface area (Å²) in [5, 5.41) is 0.619. The molecule has 0 amide bonds. The lowest BCUT2D eigenvalue weighted by molar-refractivity contribution is 0.311. The number of halogens is 1. The summed E-state index contributed by atoms with van der Waals surface area (Å²) in [6, 6.07) is 3.60. The molecule has 0 atom stereocenters. The minimum Gasteiger partial charge on any atom is -0.489 e. The fourth-order valence-corrected chi connectivity index (χ4v) is 1.97. The standard InChI is InChI=1S/C10H11ClN2OS/c1-13-2-3-14-9-7(10(12)15)4-6(11)5-8(9)13/h4-5H,2-3H2,1H3,(H2,12,15). The number of ether oxygens (including phenoxy) is 1. The topological polar surface area (TPSA) is 38.5 Å². The van der Waals surface area contributed by atoms with Crippen molar-refractivity contribution in [1.29, 1.82) is 0 Å². The van der Waals surface area contributed by atoms with Gasteiger partial charge in [0.15, 0.2) is 5.75 Å². The minimum absolute atomic E-state index is 0.309. The molecule has 2 rings (SSSR count). The first kappa shape index (κ1) is 10.5. The minimum atomic E-state index is 0.309. The molecule has 80 valence electrons. The Balaban J connectivity index is 2.62. The first-order valence-electron chi connectivity index (χ1n) is 4.57. The van der Waals surface area contributed by atoms with Crippen molar-refractivity contribution in [3.05, 3.63) is 22.7 Å². The molecule has 2 N–H and O–H groups in total. The van der Waals surface area contributed by atoms with Crippen LogP contribution in [0.1, 0.15) is 5.56 Å². The highest BCUT2D eigenvalue weighted by atomic mass is 35.5. The molecule has 1 aliphatic heterocycles. The lowest BCUT2D eigenvalue weighted by Gasteiger charge is -2.29. The summed E-state index contributed by atoms with van der Waals surface area (Å²) in [7, 11) is 1.99. The fraction of sp³-hybridized carbons (Fsp3) is 0.300. The predicted octanol–water partition coefficient (Wildman–Crippen LogP) is 1.80. The normalized spacial score (nSPS) is 14.4. The van der Waals surface area contributed by atoms with Gasteiger partial charge >= 0.3 is 0 Å². The highest BCUT2D eigenvalue weighted by Gasteiger charge is 2.20. The molecule has 15 heavy (non-hydrogen) atoms. The fourth-order valence-electron chi connectivity index (χ4n) is 1.60. The second kappa shape index (κ2) is 3.87. The number of likely N-dealkylation sites (N-methyl/N-ethyl adjacent to an activating group) is 1. The molecule has 0 aliphatic carbocycles. The number of fused-ring (bicyclic) bond motifs is 1. The van der Waals surface area contributed by atoms with Crippen LogP contribution >= 0.6 is 23.8 Å². The van der Waals surface area contributed by atoms with Crippen molar-refractivity contribution in [3.63, 3.8) is 0 Å². The predicted molar refractivity (Wildman–Crippen MR) is 66.1 cm³/mol. The van der Waals surface area contributed by atoms with E-state index in [0.29, 0.717) is 22.2 Å². The molecule has 0 radical (unpaired) electrons. The summed E-state index contributed by atoms with van der Waals surface area (Å²) in [5.74, 6) is 0.737. The zero-order chi connectivity index (χ0) is 11.0. The van der Waals surface area contributed by atoms with E-state index in [-0.39, 0.29) is 0 Å².